The molecule has 0 saturated carbocycles. The molecule has 0 saturated heterocycles. The van der Waals surface area contributed by atoms with E-state index in [-0.39, 0.29) is 0 Å². The highest BCUT2D eigenvalue weighted by Gasteiger charge is 2.05. The lowest BCUT2D eigenvalue weighted by molar-refractivity contribution is 0.338. The Morgan fingerprint density at radius 3 is 2.72 bits per heavy atom. The average Bonchev–Trinajstić information content (AvgIpc) is 2.41. The van der Waals surface area contributed by atoms with Crippen molar-refractivity contribution >= 4 is 0 Å². The molecule has 4 nitrogen and oxygen atoms in total. The molecule has 0 fully saturated rings. The molecule has 0 radical (unpaired) electrons. The highest BCUT2D eigenvalue weighted by Crippen LogP contribution is 2.25. The Morgan fingerprint density at radius 2 is 2.06 bits per heavy atom. The maximum atomic E-state index is 5.51. The summed E-state index contributed by atoms with van der Waals surface area (Å²) in [7, 11) is 1.56. The first-order chi connectivity index (χ1) is 8.74. The summed E-state index contributed by atoms with van der Waals surface area (Å²) in [6.45, 7) is 4.66. The van der Waals surface area contributed by atoms with Crippen LogP contribution in [0.3, 0.4) is 0 Å². The molecule has 2 rings (SSSR count). The third kappa shape index (κ3) is 2.59. The van der Waals surface area contributed by atoms with Gasteiger partial charge in [-0.3, -0.25) is 0 Å². The fourth-order valence-electron chi connectivity index (χ4n) is 1.73. The fourth-order valence-corrected chi connectivity index (χ4v) is 1.73. The van der Waals surface area contributed by atoms with E-state index < -0.39 is 0 Å². The number of ether oxygens (including phenoxy) is 2. The maximum absolute atomic E-state index is 5.51. The first-order valence-corrected chi connectivity index (χ1v) is 5.85. The second-order valence-electron chi connectivity index (χ2n) is 3.84. The van der Waals surface area contributed by atoms with Crippen molar-refractivity contribution in [2.24, 2.45) is 0 Å². The first kappa shape index (κ1) is 12.4. The van der Waals surface area contributed by atoms with Crippen molar-refractivity contribution in [1.82, 2.24) is 9.97 Å². The van der Waals surface area contributed by atoms with Crippen molar-refractivity contribution in [2.45, 2.75) is 13.8 Å². The van der Waals surface area contributed by atoms with E-state index in [1.54, 1.807) is 13.3 Å². The van der Waals surface area contributed by atoms with Gasteiger partial charge in [0, 0.05) is 11.8 Å². The van der Waals surface area contributed by atoms with Crippen LogP contribution in [0.5, 0.6) is 11.8 Å². The smallest absolute Gasteiger partial charge is 0.316 e. The van der Waals surface area contributed by atoms with E-state index in [1.165, 1.54) is 0 Å². The second kappa shape index (κ2) is 5.49. The van der Waals surface area contributed by atoms with E-state index in [1.807, 2.05) is 38.1 Å². The van der Waals surface area contributed by atoms with Crippen LogP contribution in [0.4, 0.5) is 0 Å². The Hall–Kier alpha value is -2.10. The summed E-state index contributed by atoms with van der Waals surface area (Å²) >= 11 is 0. The third-order valence-corrected chi connectivity index (χ3v) is 2.59. The molecule has 4 heteroatoms. The average molecular weight is 244 g/mol. The molecule has 94 valence electrons. The third-order valence-electron chi connectivity index (χ3n) is 2.59. The van der Waals surface area contributed by atoms with Gasteiger partial charge in [0.1, 0.15) is 5.75 Å². The zero-order chi connectivity index (χ0) is 13.0. The van der Waals surface area contributed by atoms with E-state index in [2.05, 4.69) is 9.97 Å². The summed E-state index contributed by atoms with van der Waals surface area (Å²) in [6, 6.07) is 8.23. The van der Waals surface area contributed by atoms with Crippen molar-refractivity contribution in [3.05, 3.63) is 36.0 Å². The second-order valence-corrected chi connectivity index (χ2v) is 3.84. The number of hydrogen-bond donors (Lipinski definition) is 0. The molecule has 0 aliphatic heterocycles. The van der Waals surface area contributed by atoms with Crippen LogP contribution >= 0.6 is 0 Å². The van der Waals surface area contributed by atoms with Gasteiger partial charge in [-0.25, -0.2) is 4.98 Å². The highest BCUT2D eigenvalue weighted by molar-refractivity contribution is 5.61. The Balaban J connectivity index is 2.35. The van der Waals surface area contributed by atoms with Gasteiger partial charge in [-0.2, -0.15) is 4.98 Å². The van der Waals surface area contributed by atoms with Crippen LogP contribution in [0, 0.1) is 6.92 Å². The molecule has 0 aliphatic carbocycles. The van der Waals surface area contributed by atoms with Crippen LogP contribution in [0.2, 0.25) is 0 Å². The maximum Gasteiger partial charge on any atom is 0.316 e. The summed E-state index contributed by atoms with van der Waals surface area (Å²) < 4.78 is 10.5. The number of hydrogen-bond acceptors (Lipinski definition) is 4. The number of aryl methyl sites for hydroxylation is 1. The quantitative estimate of drug-likeness (QED) is 0.829. The fraction of sp³-hybridized carbons (Fsp3) is 0.286. The van der Waals surface area contributed by atoms with E-state index in [4.69, 9.17) is 9.47 Å². The Morgan fingerprint density at radius 1 is 1.22 bits per heavy atom. The van der Waals surface area contributed by atoms with Gasteiger partial charge in [0.05, 0.1) is 19.4 Å². The minimum atomic E-state index is 0.374. The summed E-state index contributed by atoms with van der Waals surface area (Å²) in [5.41, 5.74) is 2.96. The number of aromatic nitrogens is 2. The molecule has 2 aromatic rings. The van der Waals surface area contributed by atoms with Crippen LogP contribution in [-0.4, -0.2) is 23.7 Å². The van der Waals surface area contributed by atoms with E-state index in [9.17, 15) is 0 Å². The van der Waals surface area contributed by atoms with Crippen molar-refractivity contribution in [3.63, 3.8) is 0 Å². The first-order valence-electron chi connectivity index (χ1n) is 5.85. The predicted molar refractivity (Wildman–Crippen MR) is 69.9 cm³/mol. The van der Waals surface area contributed by atoms with Gasteiger partial charge in [0.25, 0.3) is 0 Å². The van der Waals surface area contributed by atoms with Crippen LogP contribution < -0.4 is 9.47 Å². The van der Waals surface area contributed by atoms with Crippen molar-refractivity contribution in [1.29, 1.82) is 0 Å². The van der Waals surface area contributed by atoms with Crippen LogP contribution in [0.15, 0.2) is 30.5 Å². The number of rotatable bonds is 4. The molecule has 18 heavy (non-hydrogen) atoms. The van der Waals surface area contributed by atoms with Gasteiger partial charge in [-0.05, 0) is 43.7 Å². The van der Waals surface area contributed by atoms with Gasteiger partial charge in [0.15, 0.2) is 0 Å². The van der Waals surface area contributed by atoms with E-state index in [0.717, 1.165) is 22.6 Å². The van der Waals surface area contributed by atoms with Crippen molar-refractivity contribution < 1.29 is 9.47 Å². The van der Waals surface area contributed by atoms with Gasteiger partial charge in [-0.15, -0.1) is 0 Å². The van der Waals surface area contributed by atoms with E-state index >= 15 is 0 Å². The lowest BCUT2D eigenvalue weighted by Crippen LogP contribution is -1.95. The molecule has 1 aromatic heterocycles. The lowest BCUT2D eigenvalue weighted by atomic mass is 10.1. The largest absolute Gasteiger partial charge is 0.494 e. The van der Waals surface area contributed by atoms with Crippen LogP contribution in [0.25, 0.3) is 11.3 Å². The van der Waals surface area contributed by atoms with Crippen LogP contribution in [-0.2, 0) is 0 Å². The molecule has 1 heterocycles. The van der Waals surface area contributed by atoms with Gasteiger partial charge >= 0.3 is 6.01 Å². The van der Waals surface area contributed by atoms with Crippen molar-refractivity contribution in [3.8, 4) is 23.0 Å². The van der Waals surface area contributed by atoms with Crippen molar-refractivity contribution in [2.75, 3.05) is 13.7 Å². The predicted octanol–water partition coefficient (Wildman–Crippen LogP) is 2.86. The monoisotopic (exact) mass is 244 g/mol. The molecule has 0 bridgehead atoms. The minimum Gasteiger partial charge on any atom is -0.494 e. The topological polar surface area (TPSA) is 44.2 Å². The normalized spacial score (nSPS) is 10.2. The molecular weight excluding hydrogens is 228 g/mol. The minimum absolute atomic E-state index is 0.374. The van der Waals surface area contributed by atoms with Gasteiger partial charge < -0.3 is 9.47 Å². The summed E-state index contributed by atoms with van der Waals surface area (Å²) in [5.74, 6) is 0.905. The van der Waals surface area contributed by atoms with Crippen LogP contribution in [0.1, 0.15) is 12.5 Å². The molecule has 0 aliphatic rings. The van der Waals surface area contributed by atoms with E-state index in [0.29, 0.717) is 12.6 Å². The highest BCUT2D eigenvalue weighted by atomic mass is 16.5. The standard InChI is InChI=1S/C14H16N2O2/c1-4-18-13-6-5-11(9-10(13)2)12-7-8-15-14(16-12)17-3/h5-9H,4H2,1-3H3. The molecule has 0 unspecified atom stereocenters. The summed E-state index contributed by atoms with van der Waals surface area (Å²) in [4.78, 5) is 8.30. The van der Waals surface area contributed by atoms with Gasteiger partial charge in [-0.1, -0.05) is 0 Å². The number of benzene rings is 1. The SMILES string of the molecule is CCOc1ccc(-c2ccnc(OC)n2)cc1C. The molecular formula is C14H16N2O2. The molecule has 0 N–H and O–H groups in total. The summed E-state index contributed by atoms with van der Waals surface area (Å²) in [6.07, 6.45) is 1.69. The lowest BCUT2D eigenvalue weighted by Gasteiger charge is -2.09. The zero-order valence-electron chi connectivity index (χ0n) is 10.8. The molecule has 0 spiro atoms. The number of methoxy groups -OCH3 is 1. The van der Waals surface area contributed by atoms with Gasteiger partial charge in [0.2, 0.25) is 0 Å². The Labute approximate surface area is 107 Å². The Bertz CT molecular complexity index is 541. The molecule has 0 amide bonds. The molecule has 0 atom stereocenters. The zero-order valence-corrected chi connectivity index (χ0v) is 10.8. The molecule has 1 aromatic carbocycles. The summed E-state index contributed by atoms with van der Waals surface area (Å²) in [5, 5.41) is 0. The number of nitrogens with zero attached hydrogens (tertiary/aromatic N) is 2. The Kier molecular flexibility index (Phi) is 3.77.